The maximum absolute atomic E-state index is 5.34. The zero-order valence-corrected chi connectivity index (χ0v) is 12.1. The van der Waals surface area contributed by atoms with Gasteiger partial charge in [-0.2, -0.15) is 4.99 Å². The van der Waals surface area contributed by atoms with Crippen molar-refractivity contribution in [3.05, 3.63) is 47.8 Å². The molecule has 0 aliphatic heterocycles. The molecule has 0 fully saturated rings. The highest BCUT2D eigenvalue weighted by Crippen LogP contribution is 2.28. The summed E-state index contributed by atoms with van der Waals surface area (Å²) in [4.78, 5) is 8.35. The fourth-order valence-corrected chi connectivity index (χ4v) is 2.62. The Morgan fingerprint density at radius 3 is 2.55 bits per heavy atom. The van der Waals surface area contributed by atoms with Gasteiger partial charge in [0.1, 0.15) is 0 Å². The van der Waals surface area contributed by atoms with Crippen molar-refractivity contribution in [3.8, 4) is 11.3 Å². The average Bonchev–Trinajstić information content (AvgIpc) is 2.86. The van der Waals surface area contributed by atoms with Crippen molar-refractivity contribution >= 4 is 45.6 Å². The van der Waals surface area contributed by atoms with Crippen molar-refractivity contribution in [3.63, 3.8) is 0 Å². The van der Waals surface area contributed by atoms with Crippen molar-refractivity contribution in [2.24, 2.45) is 16.5 Å². The zero-order valence-electron chi connectivity index (χ0n) is 10.5. The van der Waals surface area contributed by atoms with Crippen LogP contribution in [0.25, 0.3) is 22.0 Å². The van der Waals surface area contributed by atoms with E-state index < -0.39 is 0 Å². The highest BCUT2D eigenvalue weighted by atomic mass is 35.5. The first-order valence-electron chi connectivity index (χ1n) is 5.77. The zero-order chi connectivity index (χ0) is 13.2. The van der Waals surface area contributed by atoms with Crippen LogP contribution in [-0.4, -0.2) is 10.9 Å². The third kappa shape index (κ3) is 2.89. The van der Waals surface area contributed by atoms with Crippen LogP contribution in [0.3, 0.4) is 0 Å². The van der Waals surface area contributed by atoms with Gasteiger partial charge in [-0.05, 0) is 16.8 Å². The Labute approximate surface area is 126 Å². The summed E-state index contributed by atoms with van der Waals surface area (Å²) in [5.41, 5.74) is 12.6. The molecule has 0 amide bonds. The number of nitrogens with two attached hydrogens (primary N) is 2. The van der Waals surface area contributed by atoms with Crippen LogP contribution < -0.4 is 11.5 Å². The van der Waals surface area contributed by atoms with Crippen molar-refractivity contribution < 1.29 is 0 Å². The number of benzene rings is 2. The fourth-order valence-electron chi connectivity index (χ4n) is 1.91. The number of rotatable bonds is 2. The molecular formula is C14H13ClN4S. The summed E-state index contributed by atoms with van der Waals surface area (Å²) >= 11 is 1.42. The second-order valence-electron chi connectivity index (χ2n) is 4.11. The Bertz CT molecular complexity index is 762. The minimum Gasteiger partial charge on any atom is -0.370 e. The molecule has 0 radical (unpaired) electrons. The molecule has 3 rings (SSSR count). The first-order chi connectivity index (χ1) is 9.22. The van der Waals surface area contributed by atoms with E-state index in [2.05, 4.69) is 40.3 Å². The van der Waals surface area contributed by atoms with Crippen molar-refractivity contribution in [2.75, 3.05) is 0 Å². The number of aliphatic imine (C=N–C) groups is 1. The molecule has 102 valence electrons. The van der Waals surface area contributed by atoms with E-state index in [9.17, 15) is 0 Å². The lowest BCUT2D eigenvalue weighted by molar-refractivity contribution is 1.33. The van der Waals surface area contributed by atoms with E-state index in [4.69, 9.17) is 11.5 Å². The van der Waals surface area contributed by atoms with E-state index in [-0.39, 0.29) is 18.4 Å². The largest absolute Gasteiger partial charge is 0.370 e. The summed E-state index contributed by atoms with van der Waals surface area (Å²) in [7, 11) is 0. The number of hydrogen-bond acceptors (Lipinski definition) is 3. The van der Waals surface area contributed by atoms with E-state index >= 15 is 0 Å². The third-order valence-electron chi connectivity index (χ3n) is 2.76. The highest BCUT2D eigenvalue weighted by molar-refractivity contribution is 7.13. The van der Waals surface area contributed by atoms with Gasteiger partial charge in [0.15, 0.2) is 5.96 Å². The van der Waals surface area contributed by atoms with Gasteiger partial charge in [-0.15, -0.1) is 23.7 Å². The molecule has 4 nitrogen and oxygen atoms in total. The third-order valence-corrected chi connectivity index (χ3v) is 3.50. The van der Waals surface area contributed by atoms with Crippen LogP contribution >= 0.6 is 23.7 Å². The van der Waals surface area contributed by atoms with Gasteiger partial charge >= 0.3 is 0 Å². The minimum absolute atomic E-state index is 0. The molecule has 0 aliphatic rings. The molecule has 0 bridgehead atoms. The number of hydrogen-bond donors (Lipinski definition) is 2. The molecule has 1 aromatic heterocycles. The molecule has 6 heteroatoms. The maximum Gasteiger partial charge on any atom is 0.212 e. The summed E-state index contributed by atoms with van der Waals surface area (Å²) in [6, 6.07) is 14.5. The maximum atomic E-state index is 5.34. The van der Waals surface area contributed by atoms with Gasteiger partial charge in [-0.3, -0.25) is 0 Å². The van der Waals surface area contributed by atoms with Crippen LogP contribution in [0.15, 0.2) is 52.8 Å². The molecule has 0 spiro atoms. The minimum atomic E-state index is 0. The highest BCUT2D eigenvalue weighted by Gasteiger charge is 2.04. The Kier molecular flexibility index (Phi) is 4.22. The normalized spacial score (nSPS) is 10.0. The van der Waals surface area contributed by atoms with E-state index in [1.54, 1.807) is 0 Å². The molecule has 0 unspecified atom stereocenters. The summed E-state index contributed by atoms with van der Waals surface area (Å²) in [5.74, 6) is 0.0272. The van der Waals surface area contributed by atoms with Gasteiger partial charge in [-0.25, -0.2) is 4.98 Å². The van der Waals surface area contributed by atoms with Gasteiger partial charge in [0.05, 0.1) is 5.69 Å². The lowest BCUT2D eigenvalue weighted by Gasteiger charge is -2.00. The second-order valence-corrected chi connectivity index (χ2v) is 4.95. The number of fused-ring (bicyclic) bond motifs is 1. The number of guanidine groups is 1. The van der Waals surface area contributed by atoms with Gasteiger partial charge in [-0.1, -0.05) is 36.4 Å². The molecule has 4 N–H and O–H groups in total. The fraction of sp³-hybridized carbons (Fsp3) is 0. The molecule has 20 heavy (non-hydrogen) atoms. The molecular weight excluding hydrogens is 292 g/mol. The summed E-state index contributed by atoms with van der Waals surface area (Å²) in [6.45, 7) is 0. The van der Waals surface area contributed by atoms with Gasteiger partial charge in [0.2, 0.25) is 5.13 Å². The van der Waals surface area contributed by atoms with E-state index in [1.165, 1.54) is 22.1 Å². The predicted octanol–water partition coefficient (Wildman–Crippen LogP) is 3.29. The Balaban J connectivity index is 0.00000147. The van der Waals surface area contributed by atoms with Gasteiger partial charge in [0.25, 0.3) is 0 Å². The number of thiazole rings is 1. The van der Waals surface area contributed by atoms with Crippen molar-refractivity contribution in [2.45, 2.75) is 0 Å². The first-order valence-corrected chi connectivity index (χ1v) is 6.65. The molecule has 0 aliphatic carbocycles. The van der Waals surface area contributed by atoms with Crippen molar-refractivity contribution in [1.29, 1.82) is 0 Å². The van der Waals surface area contributed by atoms with Crippen LogP contribution in [0.5, 0.6) is 0 Å². The van der Waals surface area contributed by atoms with Crippen LogP contribution in [0.2, 0.25) is 0 Å². The van der Waals surface area contributed by atoms with Crippen LogP contribution in [0.1, 0.15) is 0 Å². The molecule has 2 aromatic carbocycles. The van der Waals surface area contributed by atoms with Crippen molar-refractivity contribution in [1.82, 2.24) is 4.98 Å². The monoisotopic (exact) mass is 304 g/mol. The topological polar surface area (TPSA) is 77.3 Å². The summed E-state index contributed by atoms with van der Waals surface area (Å²) in [5, 5.41) is 4.93. The van der Waals surface area contributed by atoms with Crippen LogP contribution in [0, 0.1) is 0 Å². The molecule has 3 aromatic rings. The lowest BCUT2D eigenvalue weighted by Crippen LogP contribution is -2.21. The summed E-state index contributed by atoms with van der Waals surface area (Å²) < 4.78 is 0. The second kappa shape index (κ2) is 5.90. The molecule has 0 atom stereocenters. The molecule has 0 saturated carbocycles. The number of halogens is 1. The summed E-state index contributed by atoms with van der Waals surface area (Å²) in [6.07, 6.45) is 0. The predicted molar refractivity (Wildman–Crippen MR) is 87.8 cm³/mol. The Morgan fingerprint density at radius 2 is 1.80 bits per heavy atom. The van der Waals surface area contributed by atoms with Crippen LogP contribution in [-0.2, 0) is 0 Å². The molecule has 0 saturated heterocycles. The van der Waals surface area contributed by atoms with E-state index in [0.717, 1.165) is 11.3 Å². The Morgan fingerprint density at radius 1 is 1.05 bits per heavy atom. The number of aromatic nitrogens is 1. The first kappa shape index (κ1) is 14.3. The van der Waals surface area contributed by atoms with Gasteiger partial charge in [0, 0.05) is 10.9 Å². The molecule has 1 heterocycles. The number of nitrogens with zero attached hydrogens (tertiary/aromatic N) is 2. The SMILES string of the molecule is Cl.NC(N)=Nc1nc(-c2ccc3ccccc3c2)cs1. The smallest absolute Gasteiger partial charge is 0.212 e. The van der Waals surface area contributed by atoms with Gasteiger partial charge < -0.3 is 11.5 Å². The quantitative estimate of drug-likeness (QED) is 0.563. The lowest BCUT2D eigenvalue weighted by atomic mass is 10.1. The van der Waals surface area contributed by atoms with E-state index in [0.29, 0.717) is 5.13 Å². The standard InChI is InChI=1S/C14H12N4S.ClH/c15-13(16)18-14-17-12(8-19-14)11-6-5-9-3-1-2-4-10(9)7-11;/h1-8H,(H4,15,16,17,18);1H. The van der Waals surface area contributed by atoms with Crippen LogP contribution in [0.4, 0.5) is 5.13 Å². The average molecular weight is 305 g/mol. The Hall–Kier alpha value is -2.11. The van der Waals surface area contributed by atoms with E-state index in [1.807, 2.05) is 17.5 Å².